The van der Waals surface area contributed by atoms with Crippen LogP contribution in [-0.2, 0) is 6.18 Å². The van der Waals surface area contributed by atoms with Gasteiger partial charge in [0.05, 0.1) is 24.9 Å². The first kappa shape index (κ1) is 19.4. The normalized spacial score (nSPS) is 11.7. The molecule has 0 fully saturated rings. The minimum absolute atomic E-state index is 0.0532. The van der Waals surface area contributed by atoms with Crippen molar-refractivity contribution in [2.24, 2.45) is 5.10 Å². The molecule has 26 heavy (non-hydrogen) atoms. The van der Waals surface area contributed by atoms with E-state index in [9.17, 15) is 23.3 Å². The average Bonchev–Trinajstić information content (AvgIpc) is 2.93. The third kappa shape index (κ3) is 3.99. The molecule has 0 saturated carbocycles. The molecule has 1 N–H and O–H groups in total. The first-order valence-electron chi connectivity index (χ1n) is 6.97. The van der Waals surface area contributed by atoms with E-state index in [-0.39, 0.29) is 28.4 Å². The number of ether oxygens (including phenoxy) is 2. The first-order valence-corrected chi connectivity index (χ1v) is 7.38. The quantitative estimate of drug-likeness (QED) is 0.351. The number of alkyl halides is 3. The molecule has 0 atom stereocenters. The molecule has 0 radical (unpaired) electrons. The maximum Gasteiger partial charge on any atom is 0.453 e. The summed E-state index contributed by atoms with van der Waals surface area (Å²) in [5, 5.41) is 19.9. The summed E-state index contributed by atoms with van der Waals surface area (Å²) >= 11 is 4.71. The largest absolute Gasteiger partial charge is 0.490 e. The van der Waals surface area contributed by atoms with E-state index in [2.05, 4.69) is 10.2 Å². The third-order valence-electron chi connectivity index (χ3n) is 2.98. The van der Waals surface area contributed by atoms with Gasteiger partial charge in [-0.25, -0.2) is 5.10 Å². The number of benzene rings is 1. The lowest BCUT2D eigenvalue weighted by molar-refractivity contribution is -0.385. The van der Waals surface area contributed by atoms with Crippen LogP contribution in [0.25, 0.3) is 0 Å². The predicted octanol–water partition coefficient (Wildman–Crippen LogP) is 3.16. The van der Waals surface area contributed by atoms with Crippen molar-refractivity contribution in [3.63, 3.8) is 0 Å². The second-order valence-electron chi connectivity index (χ2n) is 4.67. The van der Waals surface area contributed by atoms with E-state index in [4.69, 9.17) is 21.7 Å². The topological polar surface area (TPSA) is 108 Å². The zero-order valence-corrected chi connectivity index (χ0v) is 14.2. The van der Waals surface area contributed by atoms with Crippen molar-refractivity contribution in [2.45, 2.75) is 13.1 Å². The van der Waals surface area contributed by atoms with Crippen LogP contribution in [0.1, 0.15) is 18.3 Å². The highest BCUT2D eigenvalue weighted by molar-refractivity contribution is 7.71. The molecule has 0 aliphatic heterocycles. The van der Waals surface area contributed by atoms with Crippen LogP contribution in [0.15, 0.2) is 17.2 Å². The summed E-state index contributed by atoms with van der Waals surface area (Å²) < 4.78 is 48.9. The Kier molecular flexibility index (Phi) is 5.59. The Labute approximate surface area is 149 Å². The van der Waals surface area contributed by atoms with Gasteiger partial charge in [-0.3, -0.25) is 10.1 Å². The maximum absolute atomic E-state index is 12.9. The number of hydrogen-bond donors (Lipinski definition) is 1. The van der Waals surface area contributed by atoms with Gasteiger partial charge < -0.3 is 9.47 Å². The molecule has 0 amide bonds. The first-order chi connectivity index (χ1) is 12.2. The number of nitro benzene ring substituents is 1. The molecule has 140 valence electrons. The van der Waals surface area contributed by atoms with Gasteiger partial charge in [-0.2, -0.15) is 22.9 Å². The molecule has 0 unspecified atom stereocenters. The van der Waals surface area contributed by atoms with E-state index in [0.717, 1.165) is 12.3 Å². The van der Waals surface area contributed by atoms with Crippen LogP contribution >= 0.6 is 12.2 Å². The van der Waals surface area contributed by atoms with Crippen molar-refractivity contribution in [3.05, 3.63) is 38.4 Å². The van der Waals surface area contributed by atoms with E-state index < -0.39 is 22.6 Å². The Morgan fingerprint density at radius 3 is 2.73 bits per heavy atom. The Bertz CT molecular complexity index is 906. The Morgan fingerprint density at radius 1 is 1.50 bits per heavy atom. The monoisotopic (exact) mass is 391 g/mol. The highest BCUT2D eigenvalue weighted by Gasteiger charge is 2.37. The number of nitrogens with one attached hydrogen (secondary N) is 1. The van der Waals surface area contributed by atoms with Gasteiger partial charge in [0.15, 0.2) is 5.75 Å². The van der Waals surface area contributed by atoms with Crippen molar-refractivity contribution in [2.75, 3.05) is 13.7 Å². The number of halogens is 3. The Morgan fingerprint density at radius 2 is 2.19 bits per heavy atom. The molecule has 0 saturated heterocycles. The zero-order valence-electron chi connectivity index (χ0n) is 13.4. The van der Waals surface area contributed by atoms with Gasteiger partial charge >= 0.3 is 11.9 Å². The fourth-order valence-corrected chi connectivity index (χ4v) is 2.17. The van der Waals surface area contributed by atoms with Gasteiger partial charge in [0, 0.05) is 11.6 Å². The lowest BCUT2D eigenvalue weighted by atomic mass is 10.2. The molecule has 0 aliphatic rings. The second-order valence-corrected chi connectivity index (χ2v) is 5.05. The standard InChI is InChI=1S/C13H12F3N5O4S/c1-3-25-9-5-7(4-8(21(22)23)10(9)24-2)6-17-20-11(13(14,15)16)18-19-12(20)26/h4-6H,3H2,1-2H3,(H,19,26)/b17-6-. The van der Waals surface area contributed by atoms with E-state index in [0.29, 0.717) is 4.68 Å². The average molecular weight is 391 g/mol. The molecule has 1 aromatic carbocycles. The van der Waals surface area contributed by atoms with Crippen LogP contribution in [0, 0.1) is 14.9 Å². The number of H-pyrrole nitrogens is 1. The molecule has 9 nitrogen and oxygen atoms in total. The number of hydrogen-bond acceptors (Lipinski definition) is 7. The molecular formula is C13H12F3N5O4S. The molecule has 13 heteroatoms. The summed E-state index contributed by atoms with van der Waals surface area (Å²) in [5.74, 6) is -1.41. The Hall–Kier alpha value is -2.96. The lowest BCUT2D eigenvalue weighted by Gasteiger charge is -2.10. The number of rotatable bonds is 6. The molecule has 0 spiro atoms. The summed E-state index contributed by atoms with van der Waals surface area (Å²) in [6.07, 6.45) is -3.82. The molecule has 2 rings (SSSR count). The molecule has 0 bridgehead atoms. The second kappa shape index (κ2) is 7.51. The van der Waals surface area contributed by atoms with Gasteiger partial charge in [0.2, 0.25) is 10.5 Å². The lowest BCUT2D eigenvalue weighted by Crippen LogP contribution is -2.12. The number of aromatic amines is 1. The number of nitro groups is 1. The van der Waals surface area contributed by atoms with Crippen molar-refractivity contribution in [3.8, 4) is 11.5 Å². The van der Waals surface area contributed by atoms with Gasteiger partial charge in [0.25, 0.3) is 5.82 Å². The molecule has 2 aromatic rings. The highest BCUT2D eigenvalue weighted by atomic mass is 32.1. The molecule has 1 aromatic heterocycles. The van der Waals surface area contributed by atoms with Crippen molar-refractivity contribution < 1.29 is 27.6 Å². The summed E-state index contributed by atoms with van der Waals surface area (Å²) in [5.41, 5.74) is -0.316. The van der Waals surface area contributed by atoms with E-state index in [1.165, 1.54) is 13.2 Å². The van der Waals surface area contributed by atoms with Crippen LogP contribution in [0.5, 0.6) is 11.5 Å². The highest BCUT2D eigenvalue weighted by Crippen LogP contribution is 2.38. The molecule has 1 heterocycles. The molecule has 0 aliphatic carbocycles. The van der Waals surface area contributed by atoms with E-state index in [1.54, 1.807) is 6.92 Å². The van der Waals surface area contributed by atoms with Gasteiger partial charge in [-0.15, -0.1) is 5.10 Å². The Balaban J connectivity index is 2.54. The van der Waals surface area contributed by atoms with Crippen molar-refractivity contribution >= 4 is 24.1 Å². The van der Waals surface area contributed by atoms with Crippen molar-refractivity contribution in [1.29, 1.82) is 0 Å². The van der Waals surface area contributed by atoms with E-state index >= 15 is 0 Å². The fraction of sp³-hybridized carbons (Fsp3) is 0.308. The third-order valence-corrected chi connectivity index (χ3v) is 3.25. The van der Waals surface area contributed by atoms with Gasteiger partial charge in [0.1, 0.15) is 0 Å². The van der Waals surface area contributed by atoms with Crippen LogP contribution in [0.4, 0.5) is 18.9 Å². The van der Waals surface area contributed by atoms with Crippen LogP contribution < -0.4 is 9.47 Å². The fourth-order valence-electron chi connectivity index (χ4n) is 1.99. The maximum atomic E-state index is 12.9. The summed E-state index contributed by atoms with van der Waals surface area (Å²) in [6, 6.07) is 2.43. The van der Waals surface area contributed by atoms with Crippen molar-refractivity contribution in [1.82, 2.24) is 14.9 Å². The minimum Gasteiger partial charge on any atom is -0.490 e. The van der Waals surface area contributed by atoms with Crippen LogP contribution in [0.3, 0.4) is 0 Å². The van der Waals surface area contributed by atoms with Gasteiger partial charge in [-0.1, -0.05) is 0 Å². The number of nitrogens with zero attached hydrogens (tertiary/aromatic N) is 4. The predicted molar refractivity (Wildman–Crippen MR) is 86.2 cm³/mol. The molecular weight excluding hydrogens is 379 g/mol. The van der Waals surface area contributed by atoms with Gasteiger partial charge in [-0.05, 0) is 25.2 Å². The summed E-state index contributed by atoms with van der Waals surface area (Å²) in [4.78, 5) is 10.5. The van der Waals surface area contributed by atoms with E-state index in [1.807, 2.05) is 5.10 Å². The van der Waals surface area contributed by atoms with Crippen LogP contribution in [0.2, 0.25) is 0 Å². The smallest absolute Gasteiger partial charge is 0.453 e. The SMILES string of the molecule is CCOc1cc(/C=N\n2c(C(F)(F)F)n[nH]c2=S)cc([N+](=O)[O-])c1OC. The summed E-state index contributed by atoms with van der Waals surface area (Å²) in [6.45, 7) is 1.85. The minimum atomic E-state index is -4.78. The number of methoxy groups -OCH3 is 1. The number of aromatic nitrogens is 3. The van der Waals surface area contributed by atoms with Crippen LogP contribution in [-0.4, -0.2) is 39.7 Å². The summed E-state index contributed by atoms with van der Waals surface area (Å²) in [7, 11) is 1.24. The zero-order chi connectivity index (χ0) is 19.5.